The highest BCUT2D eigenvalue weighted by Gasteiger charge is 2.49. The van der Waals surface area contributed by atoms with Crippen molar-refractivity contribution in [3.63, 3.8) is 0 Å². The van der Waals surface area contributed by atoms with Gasteiger partial charge in [-0.3, -0.25) is 9.59 Å². The first-order valence-corrected chi connectivity index (χ1v) is 6.94. The molecule has 2 heteroatoms. The molecule has 2 aromatic carbocycles. The fourth-order valence-electron chi connectivity index (χ4n) is 3.10. The van der Waals surface area contributed by atoms with E-state index in [0.717, 1.165) is 12.0 Å². The minimum absolute atomic E-state index is 0.0533. The molecule has 2 nitrogen and oxygen atoms in total. The van der Waals surface area contributed by atoms with Crippen molar-refractivity contribution in [3.8, 4) is 0 Å². The lowest BCUT2D eigenvalue weighted by atomic mass is 9.72. The van der Waals surface area contributed by atoms with Crippen LogP contribution >= 0.6 is 0 Å². The van der Waals surface area contributed by atoms with Crippen LogP contribution in [0.2, 0.25) is 0 Å². The maximum atomic E-state index is 13.0. The van der Waals surface area contributed by atoms with Gasteiger partial charge in [0.05, 0.1) is 0 Å². The van der Waals surface area contributed by atoms with E-state index in [2.05, 4.69) is 0 Å². The molecule has 0 bridgehead atoms. The Morgan fingerprint density at radius 3 is 2.05 bits per heavy atom. The van der Waals surface area contributed by atoms with Gasteiger partial charge in [0.15, 0.2) is 11.6 Å². The van der Waals surface area contributed by atoms with Crippen LogP contribution in [0, 0.1) is 0 Å². The topological polar surface area (TPSA) is 34.1 Å². The van der Waals surface area contributed by atoms with Gasteiger partial charge >= 0.3 is 0 Å². The van der Waals surface area contributed by atoms with Crippen LogP contribution in [0.5, 0.6) is 0 Å². The Morgan fingerprint density at radius 1 is 0.900 bits per heavy atom. The van der Waals surface area contributed by atoms with Crippen LogP contribution in [0.25, 0.3) is 0 Å². The molecular formula is C18H16O2. The van der Waals surface area contributed by atoms with Crippen LogP contribution in [-0.4, -0.2) is 11.6 Å². The third-order valence-electron chi connectivity index (χ3n) is 4.12. The monoisotopic (exact) mass is 264 g/mol. The quantitative estimate of drug-likeness (QED) is 0.627. The number of ketones is 2. The van der Waals surface area contributed by atoms with Crippen LogP contribution in [0.15, 0.2) is 60.7 Å². The predicted molar refractivity (Wildman–Crippen MR) is 77.8 cm³/mol. The fraction of sp³-hybridized carbons (Fsp3) is 0.222. The summed E-state index contributed by atoms with van der Waals surface area (Å²) in [5.41, 5.74) is 0.478. The van der Waals surface area contributed by atoms with Gasteiger partial charge in [0, 0.05) is 12.0 Å². The molecule has 0 N–H and O–H groups in total. The smallest absolute Gasteiger partial charge is 0.180 e. The Balaban J connectivity index is 2.13. The lowest BCUT2D eigenvalue weighted by Crippen LogP contribution is -2.40. The Bertz CT molecular complexity index is 631. The third kappa shape index (κ3) is 1.88. The molecule has 0 aliphatic heterocycles. The SMILES string of the molecule is O=C1CCC[C@]1(C(=O)c1ccccc1)c1ccccc1. The summed E-state index contributed by atoms with van der Waals surface area (Å²) in [6.07, 6.45) is 1.89. The van der Waals surface area contributed by atoms with Gasteiger partial charge in [0.2, 0.25) is 0 Å². The summed E-state index contributed by atoms with van der Waals surface area (Å²) in [6, 6.07) is 18.6. The molecule has 1 atom stereocenters. The van der Waals surface area contributed by atoms with E-state index in [1.807, 2.05) is 48.5 Å². The summed E-state index contributed by atoms with van der Waals surface area (Å²) in [7, 11) is 0. The molecular weight excluding hydrogens is 248 g/mol. The van der Waals surface area contributed by atoms with Gasteiger partial charge in [0.25, 0.3) is 0 Å². The summed E-state index contributed by atoms with van der Waals surface area (Å²) < 4.78 is 0. The van der Waals surface area contributed by atoms with Crippen LogP contribution in [-0.2, 0) is 10.2 Å². The first-order chi connectivity index (χ1) is 9.75. The molecule has 0 saturated heterocycles. The molecule has 1 saturated carbocycles. The van der Waals surface area contributed by atoms with Crippen molar-refractivity contribution >= 4 is 11.6 Å². The van der Waals surface area contributed by atoms with Crippen molar-refractivity contribution in [2.45, 2.75) is 24.7 Å². The zero-order chi connectivity index (χ0) is 14.0. The molecule has 0 amide bonds. The van der Waals surface area contributed by atoms with Gasteiger partial charge in [-0.2, -0.15) is 0 Å². The highest BCUT2D eigenvalue weighted by Crippen LogP contribution is 2.40. The van der Waals surface area contributed by atoms with Crippen molar-refractivity contribution in [3.05, 3.63) is 71.8 Å². The molecule has 0 aromatic heterocycles. The number of hydrogen-bond acceptors (Lipinski definition) is 2. The van der Waals surface area contributed by atoms with Gasteiger partial charge < -0.3 is 0 Å². The maximum Gasteiger partial charge on any atom is 0.180 e. The van der Waals surface area contributed by atoms with Gasteiger partial charge in [0.1, 0.15) is 5.41 Å². The van der Waals surface area contributed by atoms with E-state index in [1.165, 1.54) is 0 Å². The maximum absolute atomic E-state index is 13.0. The average molecular weight is 264 g/mol. The minimum atomic E-state index is -0.970. The van der Waals surface area contributed by atoms with E-state index in [4.69, 9.17) is 0 Å². The van der Waals surface area contributed by atoms with E-state index in [0.29, 0.717) is 18.4 Å². The number of Topliss-reactive ketones (excluding diaryl/α,β-unsaturated/α-hetero) is 2. The third-order valence-corrected chi connectivity index (χ3v) is 4.12. The second kappa shape index (κ2) is 5.04. The summed E-state index contributed by atoms with van der Waals surface area (Å²) >= 11 is 0. The van der Waals surface area contributed by atoms with Crippen LogP contribution < -0.4 is 0 Å². The Labute approximate surface area is 118 Å². The Morgan fingerprint density at radius 2 is 1.50 bits per heavy atom. The Kier molecular flexibility index (Phi) is 3.23. The molecule has 3 rings (SSSR count). The molecule has 0 spiro atoms. The van der Waals surface area contributed by atoms with E-state index >= 15 is 0 Å². The molecule has 0 heterocycles. The normalized spacial score (nSPS) is 21.9. The van der Waals surface area contributed by atoms with Crippen molar-refractivity contribution < 1.29 is 9.59 Å². The number of carbonyl (C=O) groups excluding carboxylic acids is 2. The van der Waals surface area contributed by atoms with Crippen molar-refractivity contribution in [1.82, 2.24) is 0 Å². The molecule has 0 unspecified atom stereocenters. The van der Waals surface area contributed by atoms with Crippen LogP contribution in [0.1, 0.15) is 35.2 Å². The standard InChI is InChI=1S/C18H16O2/c19-16-12-7-13-18(16,15-10-5-2-6-11-15)17(20)14-8-3-1-4-9-14/h1-6,8-11H,7,12-13H2/t18-/m0/s1. The van der Waals surface area contributed by atoms with Crippen molar-refractivity contribution in [2.24, 2.45) is 0 Å². The van der Waals surface area contributed by atoms with Gasteiger partial charge in [-0.15, -0.1) is 0 Å². The van der Waals surface area contributed by atoms with E-state index in [-0.39, 0.29) is 11.6 Å². The van der Waals surface area contributed by atoms with Gasteiger partial charge in [-0.1, -0.05) is 60.7 Å². The highest BCUT2D eigenvalue weighted by atomic mass is 16.2. The molecule has 1 aliphatic rings. The van der Waals surface area contributed by atoms with Crippen LogP contribution in [0.3, 0.4) is 0 Å². The summed E-state index contributed by atoms with van der Waals surface area (Å²) in [5.74, 6) is -0.00986. The Hall–Kier alpha value is -2.22. The van der Waals surface area contributed by atoms with E-state index in [1.54, 1.807) is 12.1 Å². The van der Waals surface area contributed by atoms with Crippen molar-refractivity contribution in [1.29, 1.82) is 0 Å². The average Bonchev–Trinajstić information content (AvgIpc) is 2.91. The number of carbonyl (C=O) groups is 2. The number of rotatable bonds is 3. The lowest BCUT2D eigenvalue weighted by Gasteiger charge is -2.26. The first-order valence-electron chi connectivity index (χ1n) is 6.94. The summed E-state index contributed by atoms with van der Waals surface area (Å²) in [6.45, 7) is 0. The molecule has 0 radical (unpaired) electrons. The predicted octanol–water partition coefficient (Wildman–Crippen LogP) is 3.56. The number of benzene rings is 2. The van der Waals surface area contributed by atoms with Gasteiger partial charge in [-0.05, 0) is 18.4 Å². The van der Waals surface area contributed by atoms with Crippen molar-refractivity contribution in [2.75, 3.05) is 0 Å². The van der Waals surface area contributed by atoms with E-state index in [9.17, 15) is 9.59 Å². The highest BCUT2D eigenvalue weighted by molar-refractivity contribution is 6.20. The molecule has 1 aliphatic carbocycles. The lowest BCUT2D eigenvalue weighted by molar-refractivity contribution is -0.120. The molecule has 20 heavy (non-hydrogen) atoms. The number of hydrogen-bond donors (Lipinski definition) is 0. The first kappa shape index (κ1) is 12.8. The molecule has 1 fully saturated rings. The van der Waals surface area contributed by atoms with Gasteiger partial charge in [-0.25, -0.2) is 0 Å². The summed E-state index contributed by atoms with van der Waals surface area (Å²) in [5, 5.41) is 0. The summed E-state index contributed by atoms with van der Waals surface area (Å²) in [4.78, 5) is 25.4. The second-order valence-corrected chi connectivity index (χ2v) is 5.24. The van der Waals surface area contributed by atoms with E-state index < -0.39 is 5.41 Å². The second-order valence-electron chi connectivity index (χ2n) is 5.24. The zero-order valence-corrected chi connectivity index (χ0v) is 11.2. The minimum Gasteiger partial charge on any atom is -0.298 e. The molecule has 100 valence electrons. The largest absolute Gasteiger partial charge is 0.298 e. The molecule has 2 aromatic rings. The van der Waals surface area contributed by atoms with Crippen LogP contribution in [0.4, 0.5) is 0 Å². The fourth-order valence-corrected chi connectivity index (χ4v) is 3.10. The zero-order valence-electron chi connectivity index (χ0n) is 11.2.